The molecule has 0 bridgehead atoms. The van der Waals surface area contributed by atoms with Gasteiger partial charge in [-0.1, -0.05) is 25.9 Å². The Morgan fingerprint density at radius 1 is 1.26 bits per heavy atom. The number of aromatic nitrogens is 1. The average Bonchev–Trinajstić information content (AvgIpc) is 3.14. The minimum Gasteiger partial charge on any atom is -0.359 e. The summed E-state index contributed by atoms with van der Waals surface area (Å²) in [5.41, 5.74) is 1.06. The maximum absolute atomic E-state index is 5.46. The molecule has 2 rings (SSSR count). The van der Waals surface area contributed by atoms with Crippen LogP contribution in [0.15, 0.2) is 15.6 Å². The normalized spacial score (nSPS) is 16.4. The lowest BCUT2D eigenvalue weighted by Crippen LogP contribution is -2.39. The Morgan fingerprint density at radius 3 is 2.56 bits per heavy atom. The third kappa shape index (κ3) is 7.97. The number of guanidine groups is 1. The number of likely N-dealkylation sites (tertiary alicyclic amines) is 1. The monoisotopic (exact) mass is 491 g/mol. The molecule has 1 fully saturated rings. The van der Waals surface area contributed by atoms with E-state index < -0.39 is 0 Å². The van der Waals surface area contributed by atoms with Gasteiger partial charge in [-0.15, -0.1) is 24.0 Å². The van der Waals surface area contributed by atoms with Gasteiger partial charge in [0.05, 0.1) is 12.2 Å². The van der Waals surface area contributed by atoms with E-state index in [4.69, 9.17) is 4.52 Å². The number of aliphatic imine (C=N–C) groups is 1. The van der Waals surface area contributed by atoms with Crippen molar-refractivity contribution in [2.45, 2.75) is 65.3 Å². The second kappa shape index (κ2) is 13.4. The average molecular weight is 491 g/mol. The van der Waals surface area contributed by atoms with E-state index in [-0.39, 0.29) is 24.0 Å². The standard InChI is InChI=1S/C20H37N5O.HI/c1-5-17(6-2)19-14-18(26-24-19)15-23-20(21-4)22-11-8-16-9-12-25(7-3)13-10-16;/h14,16-17H,5-13,15H2,1-4H3,(H2,21,22,23);1H. The van der Waals surface area contributed by atoms with Crippen LogP contribution in [0.2, 0.25) is 0 Å². The van der Waals surface area contributed by atoms with Crippen LogP contribution in [0.25, 0.3) is 0 Å². The fourth-order valence-corrected chi connectivity index (χ4v) is 3.69. The first-order chi connectivity index (χ1) is 12.7. The van der Waals surface area contributed by atoms with Crippen molar-refractivity contribution in [2.24, 2.45) is 10.9 Å². The zero-order valence-corrected chi connectivity index (χ0v) is 19.8. The molecule has 0 radical (unpaired) electrons. The van der Waals surface area contributed by atoms with Gasteiger partial charge in [-0.2, -0.15) is 0 Å². The Balaban J connectivity index is 0.00000364. The molecule has 0 spiro atoms. The Hall–Kier alpha value is -0.830. The van der Waals surface area contributed by atoms with Crippen LogP contribution < -0.4 is 10.6 Å². The number of nitrogens with zero attached hydrogens (tertiary/aromatic N) is 3. The molecule has 1 aliphatic heterocycles. The molecule has 7 heteroatoms. The van der Waals surface area contributed by atoms with Crippen LogP contribution in [0.4, 0.5) is 0 Å². The fourth-order valence-electron chi connectivity index (χ4n) is 3.69. The minimum absolute atomic E-state index is 0. The van der Waals surface area contributed by atoms with E-state index in [1.807, 2.05) is 7.05 Å². The summed E-state index contributed by atoms with van der Waals surface area (Å²) >= 11 is 0. The summed E-state index contributed by atoms with van der Waals surface area (Å²) in [6, 6.07) is 2.07. The second-order valence-electron chi connectivity index (χ2n) is 7.25. The molecule has 27 heavy (non-hydrogen) atoms. The zero-order valence-electron chi connectivity index (χ0n) is 17.5. The summed E-state index contributed by atoms with van der Waals surface area (Å²) in [5.74, 6) is 3.02. The van der Waals surface area contributed by atoms with Crippen LogP contribution in [0, 0.1) is 5.92 Å². The predicted octanol–water partition coefficient (Wildman–Crippen LogP) is 3.98. The van der Waals surface area contributed by atoms with E-state index in [1.165, 1.54) is 38.9 Å². The van der Waals surface area contributed by atoms with E-state index in [0.717, 1.165) is 42.7 Å². The molecular weight excluding hydrogens is 453 g/mol. The van der Waals surface area contributed by atoms with Gasteiger partial charge >= 0.3 is 0 Å². The van der Waals surface area contributed by atoms with Crippen molar-refractivity contribution in [3.8, 4) is 0 Å². The molecule has 156 valence electrons. The molecule has 1 aliphatic rings. The fraction of sp³-hybridized carbons (Fsp3) is 0.800. The minimum atomic E-state index is 0. The van der Waals surface area contributed by atoms with E-state index in [9.17, 15) is 0 Å². The number of piperidine rings is 1. The van der Waals surface area contributed by atoms with Gasteiger partial charge < -0.3 is 20.1 Å². The molecule has 6 nitrogen and oxygen atoms in total. The lowest BCUT2D eigenvalue weighted by molar-refractivity contribution is 0.187. The highest BCUT2D eigenvalue weighted by molar-refractivity contribution is 14.0. The first kappa shape index (κ1) is 24.2. The molecule has 0 aliphatic carbocycles. The molecule has 2 N–H and O–H groups in total. The number of rotatable bonds is 9. The molecule has 1 aromatic rings. The SMILES string of the molecule is CCC(CC)c1cc(CNC(=NC)NCCC2CCN(CC)CC2)on1.I. The van der Waals surface area contributed by atoms with Crippen LogP contribution in [0.3, 0.4) is 0 Å². The summed E-state index contributed by atoms with van der Waals surface area (Å²) in [6.45, 7) is 11.9. The molecule has 0 unspecified atom stereocenters. The van der Waals surface area contributed by atoms with Crippen molar-refractivity contribution in [1.29, 1.82) is 0 Å². The lowest BCUT2D eigenvalue weighted by atomic mass is 9.93. The topological polar surface area (TPSA) is 65.7 Å². The molecule has 1 aromatic heterocycles. The number of hydrogen-bond donors (Lipinski definition) is 2. The van der Waals surface area contributed by atoms with Gasteiger partial charge in [-0.25, -0.2) is 0 Å². The molecule has 0 amide bonds. The van der Waals surface area contributed by atoms with Crippen molar-refractivity contribution < 1.29 is 4.52 Å². The Bertz CT molecular complexity index is 536. The van der Waals surface area contributed by atoms with Gasteiger partial charge in [0.15, 0.2) is 11.7 Å². The second-order valence-corrected chi connectivity index (χ2v) is 7.25. The Morgan fingerprint density at radius 2 is 1.96 bits per heavy atom. The van der Waals surface area contributed by atoms with Crippen molar-refractivity contribution in [1.82, 2.24) is 20.7 Å². The van der Waals surface area contributed by atoms with E-state index in [1.54, 1.807) is 0 Å². The molecule has 0 atom stereocenters. The van der Waals surface area contributed by atoms with Gasteiger partial charge in [0, 0.05) is 25.6 Å². The maximum Gasteiger partial charge on any atom is 0.191 e. The van der Waals surface area contributed by atoms with Crippen LogP contribution in [0.1, 0.15) is 70.2 Å². The number of halogens is 1. The Labute approximate surface area is 181 Å². The highest BCUT2D eigenvalue weighted by Gasteiger charge is 2.17. The Kier molecular flexibility index (Phi) is 12.0. The van der Waals surface area contributed by atoms with Crippen LogP contribution in [-0.4, -0.2) is 49.2 Å². The molecule has 2 heterocycles. The van der Waals surface area contributed by atoms with Gasteiger partial charge in [0.2, 0.25) is 0 Å². The smallest absolute Gasteiger partial charge is 0.191 e. The molecule has 1 saturated heterocycles. The van der Waals surface area contributed by atoms with Gasteiger partial charge in [0.25, 0.3) is 0 Å². The van der Waals surface area contributed by atoms with Gasteiger partial charge in [0.1, 0.15) is 0 Å². The van der Waals surface area contributed by atoms with Gasteiger partial charge in [-0.05, 0) is 57.7 Å². The van der Waals surface area contributed by atoms with Gasteiger partial charge in [-0.3, -0.25) is 4.99 Å². The summed E-state index contributed by atoms with van der Waals surface area (Å²) in [7, 11) is 1.81. The molecular formula is C20H38IN5O. The summed E-state index contributed by atoms with van der Waals surface area (Å²) in [4.78, 5) is 6.85. The first-order valence-electron chi connectivity index (χ1n) is 10.3. The maximum atomic E-state index is 5.46. The van der Waals surface area contributed by atoms with Crippen molar-refractivity contribution >= 4 is 29.9 Å². The van der Waals surface area contributed by atoms with Crippen molar-refractivity contribution in [3.05, 3.63) is 17.5 Å². The predicted molar refractivity (Wildman–Crippen MR) is 123 cm³/mol. The lowest BCUT2D eigenvalue weighted by Gasteiger charge is -2.31. The number of nitrogens with one attached hydrogen (secondary N) is 2. The summed E-state index contributed by atoms with van der Waals surface area (Å²) in [5, 5.41) is 11.0. The molecule has 0 aromatic carbocycles. The van der Waals surface area contributed by atoms with Crippen LogP contribution >= 0.6 is 24.0 Å². The highest BCUT2D eigenvalue weighted by Crippen LogP contribution is 2.22. The van der Waals surface area contributed by atoms with E-state index in [2.05, 4.69) is 52.5 Å². The van der Waals surface area contributed by atoms with E-state index in [0.29, 0.717) is 12.5 Å². The highest BCUT2D eigenvalue weighted by atomic mass is 127. The summed E-state index contributed by atoms with van der Waals surface area (Å²) in [6.07, 6.45) is 6.03. The quantitative estimate of drug-likeness (QED) is 0.311. The van der Waals surface area contributed by atoms with Crippen molar-refractivity contribution in [3.63, 3.8) is 0 Å². The van der Waals surface area contributed by atoms with Crippen molar-refractivity contribution in [2.75, 3.05) is 33.2 Å². The van der Waals surface area contributed by atoms with Crippen LogP contribution in [-0.2, 0) is 6.54 Å². The largest absolute Gasteiger partial charge is 0.359 e. The van der Waals surface area contributed by atoms with Crippen LogP contribution in [0.5, 0.6) is 0 Å². The first-order valence-corrected chi connectivity index (χ1v) is 10.3. The third-order valence-electron chi connectivity index (χ3n) is 5.63. The number of hydrogen-bond acceptors (Lipinski definition) is 4. The molecule has 0 saturated carbocycles. The van der Waals surface area contributed by atoms with E-state index >= 15 is 0 Å². The zero-order chi connectivity index (χ0) is 18.8. The third-order valence-corrected chi connectivity index (χ3v) is 5.63. The summed E-state index contributed by atoms with van der Waals surface area (Å²) < 4.78 is 5.46.